The number of nitrogens with zero attached hydrogens (tertiary/aromatic N) is 1. The van der Waals surface area contributed by atoms with Gasteiger partial charge in [0.25, 0.3) is 0 Å². The molecule has 0 saturated carbocycles. The van der Waals surface area contributed by atoms with Gasteiger partial charge in [0.2, 0.25) is 0 Å². The van der Waals surface area contributed by atoms with Gasteiger partial charge in [0.05, 0.1) is 0 Å². The van der Waals surface area contributed by atoms with Crippen LogP contribution in [0.1, 0.15) is 18.4 Å². The molecule has 1 aromatic carbocycles. The molecule has 0 N–H and O–H groups in total. The number of fused-ring (bicyclic) bond motifs is 3. The van der Waals surface area contributed by atoms with Crippen molar-refractivity contribution < 1.29 is 4.79 Å². The second-order valence-corrected chi connectivity index (χ2v) is 6.32. The van der Waals surface area contributed by atoms with Crippen LogP contribution in [-0.2, 0) is 10.5 Å². The molecule has 0 radical (unpaired) electrons. The Hall–Kier alpha value is -0.800. The molecule has 0 spiro atoms. The van der Waals surface area contributed by atoms with Crippen molar-refractivity contribution in [3.63, 3.8) is 0 Å². The fourth-order valence-electron chi connectivity index (χ4n) is 3.07. The third kappa shape index (κ3) is 2.62. The molecule has 0 amide bonds. The number of benzene rings is 1. The van der Waals surface area contributed by atoms with Crippen LogP contribution in [0.4, 0.5) is 0 Å². The predicted octanol–water partition coefficient (Wildman–Crippen LogP) is 2.79. The average molecular weight is 261 g/mol. The maximum atomic E-state index is 12.3. The van der Waals surface area contributed by atoms with E-state index in [0.29, 0.717) is 17.0 Å². The minimum Gasteiger partial charge on any atom is -0.303 e. The van der Waals surface area contributed by atoms with Crippen molar-refractivity contribution in [2.45, 2.75) is 18.6 Å². The normalized spacial score (nSPS) is 30.3. The van der Waals surface area contributed by atoms with E-state index in [4.69, 9.17) is 0 Å². The van der Waals surface area contributed by atoms with E-state index in [9.17, 15) is 4.79 Å². The third-order valence-electron chi connectivity index (χ3n) is 4.18. The van der Waals surface area contributed by atoms with Gasteiger partial charge in [-0.3, -0.25) is 4.79 Å². The van der Waals surface area contributed by atoms with Gasteiger partial charge >= 0.3 is 0 Å². The van der Waals surface area contributed by atoms with Crippen molar-refractivity contribution in [1.82, 2.24) is 4.90 Å². The molecule has 3 saturated heterocycles. The van der Waals surface area contributed by atoms with Gasteiger partial charge in [-0.25, -0.2) is 0 Å². The molecular weight excluding hydrogens is 242 g/mol. The Labute approximate surface area is 113 Å². The lowest BCUT2D eigenvalue weighted by Crippen LogP contribution is -2.49. The average Bonchev–Trinajstić information content (AvgIpc) is 2.47. The summed E-state index contributed by atoms with van der Waals surface area (Å²) in [7, 11) is 0. The highest BCUT2D eigenvalue weighted by atomic mass is 32.2. The van der Waals surface area contributed by atoms with E-state index in [-0.39, 0.29) is 0 Å². The Morgan fingerprint density at radius 1 is 1.22 bits per heavy atom. The van der Waals surface area contributed by atoms with Gasteiger partial charge in [-0.15, -0.1) is 0 Å². The van der Waals surface area contributed by atoms with Gasteiger partial charge in [0.1, 0.15) is 0 Å². The molecule has 18 heavy (non-hydrogen) atoms. The highest BCUT2D eigenvalue weighted by Crippen LogP contribution is 2.35. The number of carbonyl (C=O) groups excluding carboxylic acids is 1. The molecular formula is C15H19NOS. The number of piperidine rings is 3. The summed E-state index contributed by atoms with van der Waals surface area (Å²) < 4.78 is 0. The van der Waals surface area contributed by atoms with E-state index in [1.807, 2.05) is 18.2 Å². The van der Waals surface area contributed by atoms with E-state index in [0.717, 1.165) is 12.3 Å². The molecule has 1 atom stereocenters. The molecule has 4 rings (SSSR count). The Morgan fingerprint density at radius 2 is 1.94 bits per heavy atom. The maximum absolute atomic E-state index is 12.3. The Morgan fingerprint density at radius 3 is 2.56 bits per heavy atom. The summed E-state index contributed by atoms with van der Waals surface area (Å²) in [4.78, 5) is 14.7. The summed E-state index contributed by atoms with van der Waals surface area (Å²) in [5, 5.41) is 0.410. The first-order chi connectivity index (χ1) is 8.83. The van der Waals surface area contributed by atoms with Crippen LogP contribution < -0.4 is 0 Å². The fourth-order valence-corrected chi connectivity index (χ4v) is 4.05. The Bertz CT molecular complexity index is 412. The largest absolute Gasteiger partial charge is 0.303 e. The van der Waals surface area contributed by atoms with Crippen molar-refractivity contribution in [1.29, 1.82) is 0 Å². The minimum atomic E-state index is 0.293. The first kappa shape index (κ1) is 12.2. The molecule has 0 aliphatic carbocycles. The van der Waals surface area contributed by atoms with Crippen LogP contribution in [0.5, 0.6) is 0 Å². The summed E-state index contributed by atoms with van der Waals surface area (Å²) in [5.74, 6) is 1.77. The molecule has 3 fully saturated rings. The highest BCUT2D eigenvalue weighted by Gasteiger charge is 2.38. The van der Waals surface area contributed by atoms with Gasteiger partial charge in [0.15, 0.2) is 5.12 Å². The molecule has 3 heteroatoms. The molecule has 0 aromatic heterocycles. The van der Waals surface area contributed by atoms with Crippen LogP contribution in [0.3, 0.4) is 0 Å². The van der Waals surface area contributed by atoms with E-state index in [1.165, 1.54) is 43.3 Å². The van der Waals surface area contributed by atoms with Crippen LogP contribution >= 0.6 is 11.8 Å². The zero-order valence-corrected chi connectivity index (χ0v) is 11.4. The second kappa shape index (κ2) is 5.45. The standard InChI is InChI=1S/C15H19NOS/c17-15(18-11-12-4-2-1-3-5-12)14-10-16-8-6-13(14)7-9-16/h1-5,13-14H,6-11H2. The molecule has 1 unspecified atom stereocenters. The molecule has 1 aromatic rings. The van der Waals surface area contributed by atoms with Crippen LogP contribution in [0.15, 0.2) is 30.3 Å². The maximum Gasteiger partial charge on any atom is 0.193 e. The predicted molar refractivity (Wildman–Crippen MR) is 75.4 cm³/mol. The van der Waals surface area contributed by atoms with Crippen LogP contribution in [0.2, 0.25) is 0 Å². The molecule has 3 aliphatic rings. The number of carbonyl (C=O) groups is 1. The number of rotatable bonds is 3. The van der Waals surface area contributed by atoms with Crippen molar-refractivity contribution in [2.75, 3.05) is 19.6 Å². The van der Waals surface area contributed by atoms with Crippen LogP contribution in [-0.4, -0.2) is 29.6 Å². The minimum absolute atomic E-state index is 0.293. The first-order valence-corrected chi connectivity index (χ1v) is 7.74. The topological polar surface area (TPSA) is 20.3 Å². The van der Waals surface area contributed by atoms with E-state index in [2.05, 4.69) is 17.0 Å². The summed E-state index contributed by atoms with van der Waals surface area (Å²) in [6.07, 6.45) is 2.45. The van der Waals surface area contributed by atoms with Crippen molar-refractivity contribution >= 4 is 16.9 Å². The zero-order valence-electron chi connectivity index (χ0n) is 10.5. The Balaban J connectivity index is 1.56. The molecule has 96 valence electrons. The lowest BCUT2D eigenvalue weighted by Gasteiger charge is -2.43. The zero-order chi connectivity index (χ0) is 12.4. The van der Waals surface area contributed by atoms with Gasteiger partial charge < -0.3 is 4.90 Å². The van der Waals surface area contributed by atoms with Gasteiger partial charge in [-0.05, 0) is 37.4 Å². The van der Waals surface area contributed by atoms with Gasteiger partial charge in [0, 0.05) is 18.2 Å². The number of thioether (sulfide) groups is 1. The van der Waals surface area contributed by atoms with Crippen molar-refractivity contribution in [2.24, 2.45) is 11.8 Å². The summed E-state index contributed by atoms with van der Waals surface area (Å²) in [5.41, 5.74) is 1.25. The monoisotopic (exact) mass is 261 g/mol. The summed E-state index contributed by atoms with van der Waals surface area (Å²) in [6, 6.07) is 10.3. The van der Waals surface area contributed by atoms with Crippen LogP contribution in [0.25, 0.3) is 0 Å². The first-order valence-electron chi connectivity index (χ1n) is 6.76. The molecule has 3 heterocycles. The third-order valence-corrected chi connectivity index (χ3v) is 5.25. The van der Waals surface area contributed by atoms with E-state index < -0.39 is 0 Å². The van der Waals surface area contributed by atoms with Gasteiger partial charge in [-0.1, -0.05) is 42.1 Å². The van der Waals surface area contributed by atoms with Gasteiger partial charge in [-0.2, -0.15) is 0 Å². The second-order valence-electron chi connectivity index (χ2n) is 5.34. The quantitative estimate of drug-likeness (QED) is 0.834. The van der Waals surface area contributed by atoms with E-state index in [1.54, 1.807) is 0 Å². The smallest absolute Gasteiger partial charge is 0.193 e. The summed E-state index contributed by atoms with van der Waals surface area (Å²) >= 11 is 1.51. The molecule has 2 nitrogen and oxygen atoms in total. The number of hydrogen-bond donors (Lipinski definition) is 0. The van der Waals surface area contributed by atoms with Crippen molar-refractivity contribution in [3.8, 4) is 0 Å². The lowest BCUT2D eigenvalue weighted by molar-refractivity contribution is -0.119. The lowest BCUT2D eigenvalue weighted by atomic mass is 9.80. The Kier molecular flexibility index (Phi) is 3.71. The van der Waals surface area contributed by atoms with E-state index >= 15 is 0 Å². The molecule has 2 bridgehead atoms. The fraction of sp³-hybridized carbons (Fsp3) is 0.533. The van der Waals surface area contributed by atoms with Crippen LogP contribution in [0, 0.1) is 11.8 Å². The summed E-state index contributed by atoms with van der Waals surface area (Å²) in [6.45, 7) is 3.42. The van der Waals surface area contributed by atoms with Crippen molar-refractivity contribution in [3.05, 3.63) is 35.9 Å². The molecule has 3 aliphatic heterocycles. The number of hydrogen-bond acceptors (Lipinski definition) is 3. The highest BCUT2D eigenvalue weighted by molar-refractivity contribution is 8.13. The SMILES string of the molecule is O=C(SCc1ccccc1)C1CN2CCC1CC2.